The Morgan fingerprint density at radius 3 is 2.82 bits per heavy atom. The van der Waals surface area contributed by atoms with Crippen molar-refractivity contribution in [3.05, 3.63) is 83.6 Å². The average molecular weight is 379 g/mol. The van der Waals surface area contributed by atoms with Crippen LogP contribution in [0.4, 0.5) is 0 Å². The number of aromatic nitrogens is 1. The van der Waals surface area contributed by atoms with Gasteiger partial charge in [0.1, 0.15) is 18.1 Å². The van der Waals surface area contributed by atoms with Gasteiger partial charge in [0.25, 0.3) is 5.91 Å². The third kappa shape index (κ3) is 4.82. The highest BCUT2D eigenvalue weighted by Gasteiger charge is 2.12. The summed E-state index contributed by atoms with van der Waals surface area (Å²) in [5.74, 6) is 0.195. The van der Waals surface area contributed by atoms with Gasteiger partial charge in [-0.3, -0.25) is 9.78 Å². The van der Waals surface area contributed by atoms with Crippen LogP contribution in [-0.2, 0) is 11.3 Å². The molecule has 0 unspecified atom stereocenters. The Bertz CT molecular complexity index is 982. The number of nitrogens with one attached hydrogen (secondary N) is 1. The number of carbonyl (C=O) groups excluding carboxylic acids is 2. The maximum Gasteiger partial charge on any atom is 0.373 e. The molecule has 142 valence electrons. The zero-order valence-electron chi connectivity index (χ0n) is 15.0. The number of amides is 1. The molecule has 0 spiro atoms. The molecule has 3 rings (SSSR count). The Hall–Kier alpha value is -3.94. The molecule has 0 radical (unpaired) electrons. The number of hydrogen-bond acceptors (Lipinski definition) is 7. The van der Waals surface area contributed by atoms with Crippen LogP contribution in [0.15, 0.2) is 70.4 Å². The number of pyridine rings is 1. The van der Waals surface area contributed by atoms with E-state index in [1.807, 2.05) is 12.1 Å². The van der Waals surface area contributed by atoms with Crippen LogP contribution in [0.2, 0.25) is 0 Å². The quantitative estimate of drug-likeness (QED) is 0.385. The molecular formula is C20H17N3O5. The van der Waals surface area contributed by atoms with Crippen molar-refractivity contribution in [2.75, 3.05) is 7.11 Å². The first-order valence-corrected chi connectivity index (χ1v) is 8.29. The zero-order valence-corrected chi connectivity index (χ0v) is 15.0. The molecule has 0 fully saturated rings. The lowest BCUT2D eigenvalue weighted by molar-refractivity contribution is 0.0560. The molecule has 2 aromatic heterocycles. The van der Waals surface area contributed by atoms with E-state index in [2.05, 4.69) is 20.2 Å². The van der Waals surface area contributed by atoms with Gasteiger partial charge in [0.2, 0.25) is 5.76 Å². The Balaban J connectivity index is 1.62. The molecule has 0 aliphatic rings. The first-order chi connectivity index (χ1) is 13.7. The minimum atomic E-state index is -0.553. The predicted octanol–water partition coefficient (Wildman–Crippen LogP) is 2.80. The summed E-state index contributed by atoms with van der Waals surface area (Å²) in [6.45, 7) is 0.115. The summed E-state index contributed by atoms with van der Waals surface area (Å²) in [5, 5.41) is 3.96. The zero-order chi connectivity index (χ0) is 19.8. The first kappa shape index (κ1) is 18.8. The molecule has 0 atom stereocenters. The summed E-state index contributed by atoms with van der Waals surface area (Å²) < 4.78 is 15.7. The molecule has 1 aromatic carbocycles. The molecule has 2 heterocycles. The normalized spacial score (nSPS) is 10.6. The molecule has 0 bridgehead atoms. The van der Waals surface area contributed by atoms with Crippen molar-refractivity contribution in [2.24, 2.45) is 5.10 Å². The molecule has 8 heteroatoms. The van der Waals surface area contributed by atoms with Crippen molar-refractivity contribution in [3.8, 4) is 5.75 Å². The van der Waals surface area contributed by atoms with Gasteiger partial charge in [0.15, 0.2) is 0 Å². The fraction of sp³-hybridized carbons (Fsp3) is 0.100. The Morgan fingerprint density at radius 1 is 1.18 bits per heavy atom. The summed E-state index contributed by atoms with van der Waals surface area (Å²) >= 11 is 0. The third-order valence-electron chi connectivity index (χ3n) is 3.63. The molecular weight excluding hydrogens is 362 g/mol. The second-order valence-electron chi connectivity index (χ2n) is 5.52. The fourth-order valence-electron chi connectivity index (χ4n) is 2.26. The number of benzene rings is 1. The molecule has 8 nitrogen and oxygen atoms in total. The molecule has 1 N–H and O–H groups in total. The minimum Gasteiger partial charge on any atom is -0.485 e. The molecule has 0 aliphatic carbocycles. The number of para-hydroxylation sites is 1. The lowest BCUT2D eigenvalue weighted by Gasteiger charge is -2.07. The summed E-state index contributed by atoms with van der Waals surface area (Å²) in [7, 11) is 1.28. The Morgan fingerprint density at radius 2 is 2.04 bits per heavy atom. The SMILES string of the molecule is COC(=O)c1ccc(COc2ccccc2/C=N/NC(=O)c2cccnc2)o1. The monoisotopic (exact) mass is 379 g/mol. The van der Waals surface area contributed by atoms with Crippen LogP contribution in [0.5, 0.6) is 5.75 Å². The van der Waals surface area contributed by atoms with Gasteiger partial charge in [0, 0.05) is 18.0 Å². The number of esters is 1. The van der Waals surface area contributed by atoms with Gasteiger partial charge >= 0.3 is 5.97 Å². The lowest BCUT2D eigenvalue weighted by Crippen LogP contribution is -2.17. The first-order valence-electron chi connectivity index (χ1n) is 8.29. The number of hydrogen-bond donors (Lipinski definition) is 1. The molecule has 0 saturated heterocycles. The lowest BCUT2D eigenvalue weighted by atomic mass is 10.2. The molecule has 28 heavy (non-hydrogen) atoms. The van der Waals surface area contributed by atoms with E-state index in [-0.39, 0.29) is 18.3 Å². The highest BCUT2D eigenvalue weighted by Crippen LogP contribution is 2.18. The predicted molar refractivity (Wildman–Crippen MR) is 100 cm³/mol. The van der Waals surface area contributed by atoms with Crippen LogP contribution in [0.3, 0.4) is 0 Å². The van der Waals surface area contributed by atoms with Crippen molar-refractivity contribution < 1.29 is 23.5 Å². The second-order valence-corrected chi connectivity index (χ2v) is 5.52. The number of carbonyl (C=O) groups is 2. The van der Waals surface area contributed by atoms with Gasteiger partial charge in [-0.25, -0.2) is 10.2 Å². The van der Waals surface area contributed by atoms with Gasteiger partial charge < -0.3 is 13.9 Å². The summed E-state index contributed by atoms with van der Waals surface area (Å²) in [6.07, 6.45) is 4.51. The highest BCUT2D eigenvalue weighted by molar-refractivity contribution is 5.94. The number of ether oxygens (including phenoxy) is 2. The van der Waals surface area contributed by atoms with E-state index in [1.165, 1.54) is 25.6 Å². The van der Waals surface area contributed by atoms with Crippen molar-refractivity contribution in [3.63, 3.8) is 0 Å². The molecule has 0 aliphatic heterocycles. The van der Waals surface area contributed by atoms with Crippen LogP contribution in [0.1, 0.15) is 32.2 Å². The summed E-state index contributed by atoms with van der Waals surface area (Å²) in [5.41, 5.74) is 3.50. The van der Waals surface area contributed by atoms with E-state index in [4.69, 9.17) is 9.15 Å². The standard InChI is InChI=1S/C20H17N3O5/c1-26-20(25)18-9-8-16(28-18)13-27-17-7-3-2-5-14(17)12-22-23-19(24)15-6-4-10-21-11-15/h2-12H,13H2,1H3,(H,23,24)/b22-12+. The van der Waals surface area contributed by atoms with Crippen molar-refractivity contribution in [1.82, 2.24) is 10.4 Å². The van der Waals surface area contributed by atoms with Gasteiger partial charge in [0.05, 0.1) is 18.9 Å². The van der Waals surface area contributed by atoms with E-state index in [0.717, 1.165) is 0 Å². The Kier molecular flexibility index (Phi) is 6.14. The summed E-state index contributed by atoms with van der Waals surface area (Å²) in [4.78, 5) is 27.3. The van der Waals surface area contributed by atoms with Gasteiger partial charge in [-0.2, -0.15) is 5.10 Å². The van der Waals surface area contributed by atoms with Crippen molar-refractivity contribution >= 4 is 18.1 Å². The van der Waals surface area contributed by atoms with E-state index < -0.39 is 5.97 Å². The Labute approximate surface area is 160 Å². The topological polar surface area (TPSA) is 103 Å². The molecule has 0 saturated carbocycles. The number of furan rings is 1. The number of methoxy groups -OCH3 is 1. The van der Waals surface area contributed by atoms with E-state index in [0.29, 0.717) is 22.6 Å². The largest absolute Gasteiger partial charge is 0.485 e. The van der Waals surface area contributed by atoms with Crippen LogP contribution in [0.25, 0.3) is 0 Å². The maximum absolute atomic E-state index is 12.0. The number of hydrazone groups is 1. The van der Waals surface area contributed by atoms with E-state index in [9.17, 15) is 9.59 Å². The number of rotatable bonds is 7. The van der Waals surface area contributed by atoms with Gasteiger partial charge in [-0.1, -0.05) is 12.1 Å². The van der Waals surface area contributed by atoms with E-state index >= 15 is 0 Å². The maximum atomic E-state index is 12.0. The minimum absolute atomic E-state index is 0.106. The fourth-order valence-corrected chi connectivity index (χ4v) is 2.26. The van der Waals surface area contributed by atoms with Crippen molar-refractivity contribution in [1.29, 1.82) is 0 Å². The highest BCUT2D eigenvalue weighted by atomic mass is 16.5. The van der Waals surface area contributed by atoms with E-state index in [1.54, 1.807) is 36.5 Å². The smallest absolute Gasteiger partial charge is 0.373 e. The average Bonchev–Trinajstić information content (AvgIpc) is 3.22. The van der Waals surface area contributed by atoms with Crippen molar-refractivity contribution in [2.45, 2.75) is 6.61 Å². The second kappa shape index (κ2) is 9.13. The van der Waals surface area contributed by atoms with Gasteiger partial charge in [-0.05, 0) is 36.4 Å². The number of nitrogens with zero attached hydrogens (tertiary/aromatic N) is 2. The summed E-state index contributed by atoms with van der Waals surface area (Å²) in [6, 6.07) is 13.6. The molecule has 3 aromatic rings. The van der Waals surface area contributed by atoms with Crippen LogP contribution in [-0.4, -0.2) is 30.2 Å². The van der Waals surface area contributed by atoms with Crippen LogP contribution >= 0.6 is 0 Å². The third-order valence-corrected chi connectivity index (χ3v) is 3.63. The molecule has 1 amide bonds. The van der Waals surface area contributed by atoms with Crippen LogP contribution in [0, 0.1) is 0 Å². The van der Waals surface area contributed by atoms with Gasteiger partial charge in [-0.15, -0.1) is 0 Å². The van der Waals surface area contributed by atoms with Crippen LogP contribution < -0.4 is 10.2 Å².